The minimum atomic E-state index is -0.359. The number of aliphatic hydroxyl groups is 1. The molecule has 0 spiro atoms. The van der Waals surface area contributed by atoms with E-state index in [-0.39, 0.29) is 6.10 Å². The van der Waals surface area contributed by atoms with Crippen molar-refractivity contribution < 1.29 is 5.11 Å². The molecule has 0 aliphatic heterocycles. The van der Waals surface area contributed by atoms with Gasteiger partial charge in [-0.15, -0.1) is 0 Å². The van der Waals surface area contributed by atoms with Crippen molar-refractivity contribution in [3.8, 4) is 0 Å². The molecule has 17 heavy (non-hydrogen) atoms. The van der Waals surface area contributed by atoms with Crippen molar-refractivity contribution in [2.24, 2.45) is 5.92 Å². The summed E-state index contributed by atoms with van der Waals surface area (Å²) in [6.07, 6.45) is 7.69. The molecule has 2 aromatic rings. The van der Waals surface area contributed by atoms with E-state index in [1.807, 2.05) is 18.2 Å². The van der Waals surface area contributed by atoms with E-state index in [0.717, 1.165) is 35.4 Å². The van der Waals surface area contributed by atoms with Crippen molar-refractivity contribution in [1.82, 2.24) is 9.97 Å². The van der Waals surface area contributed by atoms with Gasteiger partial charge in [0.25, 0.3) is 0 Å². The third-order valence-corrected chi connectivity index (χ3v) is 3.42. The van der Waals surface area contributed by atoms with Crippen molar-refractivity contribution in [3.63, 3.8) is 0 Å². The SMILES string of the molecule is OC(CCC1CC1)c1ccc2nccnc2c1. The number of fused-ring (bicyclic) bond motifs is 1. The summed E-state index contributed by atoms with van der Waals surface area (Å²) in [5.41, 5.74) is 2.69. The monoisotopic (exact) mass is 228 g/mol. The average Bonchev–Trinajstić information content (AvgIpc) is 3.19. The zero-order chi connectivity index (χ0) is 11.7. The highest BCUT2D eigenvalue weighted by atomic mass is 16.3. The maximum atomic E-state index is 10.1. The van der Waals surface area contributed by atoms with Crippen LogP contribution in [0.2, 0.25) is 0 Å². The van der Waals surface area contributed by atoms with E-state index in [2.05, 4.69) is 9.97 Å². The zero-order valence-electron chi connectivity index (χ0n) is 9.71. The van der Waals surface area contributed by atoms with Crippen LogP contribution in [-0.4, -0.2) is 15.1 Å². The molecule has 88 valence electrons. The highest BCUT2D eigenvalue weighted by Crippen LogP contribution is 2.36. The van der Waals surface area contributed by atoms with Crippen molar-refractivity contribution >= 4 is 11.0 Å². The Kier molecular flexibility index (Phi) is 2.77. The maximum Gasteiger partial charge on any atom is 0.0890 e. The van der Waals surface area contributed by atoms with Crippen molar-refractivity contribution in [2.75, 3.05) is 0 Å². The van der Waals surface area contributed by atoms with Crippen LogP contribution < -0.4 is 0 Å². The molecule has 0 bridgehead atoms. The molecule has 1 heterocycles. The predicted molar refractivity (Wildman–Crippen MR) is 66.5 cm³/mol. The van der Waals surface area contributed by atoms with E-state index in [1.54, 1.807) is 12.4 Å². The Morgan fingerprint density at radius 2 is 1.94 bits per heavy atom. The molecule has 0 saturated heterocycles. The second-order valence-corrected chi connectivity index (χ2v) is 4.84. The van der Waals surface area contributed by atoms with Crippen LogP contribution in [0.3, 0.4) is 0 Å². The number of nitrogens with zero attached hydrogens (tertiary/aromatic N) is 2. The fraction of sp³-hybridized carbons (Fsp3) is 0.429. The van der Waals surface area contributed by atoms with Crippen LogP contribution >= 0.6 is 0 Å². The molecule has 0 radical (unpaired) electrons. The fourth-order valence-electron chi connectivity index (χ4n) is 2.15. The van der Waals surface area contributed by atoms with E-state index in [0.29, 0.717) is 0 Å². The van der Waals surface area contributed by atoms with Gasteiger partial charge in [0.1, 0.15) is 0 Å². The van der Waals surface area contributed by atoms with Crippen LogP contribution in [0.25, 0.3) is 11.0 Å². The molecule has 1 saturated carbocycles. The standard InChI is InChI=1S/C14H16N2O/c17-14(6-3-10-1-2-10)11-4-5-12-13(9-11)16-8-7-15-12/h4-5,7-10,14,17H,1-3,6H2. The van der Waals surface area contributed by atoms with E-state index in [9.17, 15) is 5.11 Å². The molecule has 0 amide bonds. The lowest BCUT2D eigenvalue weighted by molar-refractivity contribution is 0.162. The molecule has 3 heteroatoms. The lowest BCUT2D eigenvalue weighted by Gasteiger charge is -2.10. The molecule has 1 aromatic heterocycles. The van der Waals surface area contributed by atoms with Gasteiger partial charge in [0, 0.05) is 12.4 Å². The number of hydrogen-bond acceptors (Lipinski definition) is 3. The Balaban J connectivity index is 1.78. The topological polar surface area (TPSA) is 46.0 Å². The quantitative estimate of drug-likeness (QED) is 0.875. The van der Waals surface area contributed by atoms with Crippen LogP contribution in [-0.2, 0) is 0 Å². The van der Waals surface area contributed by atoms with Crippen LogP contribution in [0.4, 0.5) is 0 Å². The highest BCUT2D eigenvalue weighted by Gasteiger charge is 2.22. The molecular weight excluding hydrogens is 212 g/mol. The fourth-order valence-corrected chi connectivity index (χ4v) is 2.15. The van der Waals surface area contributed by atoms with Crippen molar-refractivity contribution in [3.05, 3.63) is 36.2 Å². The zero-order valence-corrected chi connectivity index (χ0v) is 9.71. The number of aromatic nitrogens is 2. The number of rotatable bonds is 4. The molecule has 3 nitrogen and oxygen atoms in total. The Labute approximate surface area is 101 Å². The van der Waals surface area contributed by atoms with Gasteiger partial charge in [-0.25, -0.2) is 0 Å². The summed E-state index contributed by atoms with van der Waals surface area (Å²) in [5, 5.41) is 10.1. The van der Waals surface area contributed by atoms with Crippen molar-refractivity contribution in [1.29, 1.82) is 0 Å². The molecule has 1 N–H and O–H groups in total. The Morgan fingerprint density at radius 3 is 2.71 bits per heavy atom. The summed E-state index contributed by atoms with van der Waals surface area (Å²) in [4.78, 5) is 8.48. The van der Waals surface area contributed by atoms with Gasteiger partial charge in [-0.2, -0.15) is 0 Å². The second kappa shape index (κ2) is 4.41. The number of benzene rings is 1. The lowest BCUT2D eigenvalue weighted by atomic mass is 10.0. The van der Waals surface area contributed by atoms with Crippen molar-refractivity contribution in [2.45, 2.75) is 31.8 Å². The second-order valence-electron chi connectivity index (χ2n) is 4.84. The molecule has 1 atom stereocenters. The van der Waals surface area contributed by atoms with Gasteiger partial charge in [0.2, 0.25) is 0 Å². The molecule has 3 rings (SSSR count). The molecule has 1 aliphatic rings. The van der Waals surface area contributed by atoms with E-state index in [1.165, 1.54) is 12.8 Å². The molecule has 1 unspecified atom stereocenters. The van der Waals surface area contributed by atoms with E-state index in [4.69, 9.17) is 0 Å². The van der Waals surface area contributed by atoms with Crippen LogP contribution in [0.1, 0.15) is 37.4 Å². The minimum Gasteiger partial charge on any atom is -0.388 e. The first-order valence-electron chi connectivity index (χ1n) is 6.21. The van der Waals surface area contributed by atoms with Gasteiger partial charge in [0.05, 0.1) is 17.1 Å². The Morgan fingerprint density at radius 1 is 1.18 bits per heavy atom. The van der Waals surface area contributed by atoms with Crippen LogP contribution in [0, 0.1) is 5.92 Å². The molecule has 1 aromatic carbocycles. The van der Waals surface area contributed by atoms with Gasteiger partial charge in [-0.3, -0.25) is 9.97 Å². The summed E-state index contributed by atoms with van der Waals surface area (Å²) in [5.74, 6) is 0.866. The molecule has 1 fully saturated rings. The van der Waals surface area contributed by atoms with Gasteiger partial charge >= 0.3 is 0 Å². The summed E-state index contributed by atoms with van der Waals surface area (Å²) < 4.78 is 0. The Bertz CT molecular complexity index is 522. The summed E-state index contributed by atoms with van der Waals surface area (Å²) in [6, 6.07) is 5.83. The average molecular weight is 228 g/mol. The lowest BCUT2D eigenvalue weighted by Crippen LogP contribution is -1.98. The van der Waals surface area contributed by atoms with Gasteiger partial charge in [0.15, 0.2) is 0 Å². The third-order valence-electron chi connectivity index (χ3n) is 3.42. The highest BCUT2D eigenvalue weighted by molar-refractivity contribution is 5.74. The number of aliphatic hydroxyl groups excluding tert-OH is 1. The first-order valence-corrected chi connectivity index (χ1v) is 6.21. The van der Waals surface area contributed by atoms with Gasteiger partial charge in [-0.05, 0) is 36.5 Å². The first kappa shape index (κ1) is 10.7. The summed E-state index contributed by atoms with van der Waals surface area (Å²) in [7, 11) is 0. The predicted octanol–water partition coefficient (Wildman–Crippen LogP) is 2.85. The first-order chi connectivity index (χ1) is 8.33. The molecule has 1 aliphatic carbocycles. The van der Waals surface area contributed by atoms with Crippen LogP contribution in [0.5, 0.6) is 0 Å². The van der Waals surface area contributed by atoms with E-state index >= 15 is 0 Å². The largest absolute Gasteiger partial charge is 0.388 e. The Hall–Kier alpha value is -1.48. The van der Waals surface area contributed by atoms with Gasteiger partial charge < -0.3 is 5.11 Å². The minimum absolute atomic E-state index is 0.359. The number of hydrogen-bond donors (Lipinski definition) is 1. The normalized spacial score (nSPS) is 17.2. The summed E-state index contributed by atoms with van der Waals surface area (Å²) in [6.45, 7) is 0. The molecular formula is C14H16N2O. The summed E-state index contributed by atoms with van der Waals surface area (Å²) >= 11 is 0. The van der Waals surface area contributed by atoms with Crippen LogP contribution in [0.15, 0.2) is 30.6 Å². The third kappa shape index (κ3) is 2.44. The smallest absolute Gasteiger partial charge is 0.0890 e. The van der Waals surface area contributed by atoms with Gasteiger partial charge in [-0.1, -0.05) is 18.9 Å². The van der Waals surface area contributed by atoms with E-state index < -0.39 is 0 Å². The maximum absolute atomic E-state index is 10.1.